The summed E-state index contributed by atoms with van der Waals surface area (Å²) in [6.07, 6.45) is 0.982. The standard InChI is InChI=1S/C13H23N3O/c1-12-2-3-13(17-12)4-5-14-6-9-16-10-7-15-8-11-16/h2-3,14-15H,4-11H2,1H3. The Bertz CT molecular complexity index is 318. The van der Waals surface area contributed by atoms with Gasteiger partial charge in [0.15, 0.2) is 0 Å². The molecule has 1 fully saturated rings. The molecule has 0 unspecified atom stereocenters. The Morgan fingerprint density at radius 1 is 1.29 bits per heavy atom. The third-order valence-corrected chi connectivity index (χ3v) is 3.16. The van der Waals surface area contributed by atoms with Crippen molar-refractivity contribution < 1.29 is 4.42 Å². The van der Waals surface area contributed by atoms with Crippen molar-refractivity contribution in [1.29, 1.82) is 0 Å². The molecule has 0 radical (unpaired) electrons. The van der Waals surface area contributed by atoms with Crippen LogP contribution >= 0.6 is 0 Å². The van der Waals surface area contributed by atoms with E-state index >= 15 is 0 Å². The Morgan fingerprint density at radius 3 is 2.82 bits per heavy atom. The van der Waals surface area contributed by atoms with Crippen LogP contribution in [0.2, 0.25) is 0 Å². The van der Waals surface area contributed by atoms with Crippen LogP contribution in [0.25, 0.3) is 0 Å². The maximum atomic E-state index is 5.52. The summed E-state index contributed by atoms with van der Waals surface area (Å²) in [5.41, 5.74) is 0. The number of nitrogens with zero attached hydrogens (tertiary/aromatic N) is 1. The lowest BCUT2D eigenvalue weighted by atomic mass is 10.3. The zero-order chi connectivity index (χ0) is 11.9. The van der Waals surface area contributed by atoms with Crippen molar-refractivity contribution in [2.75, 3.05) is 45.8 Å². The van der Waals surface area contributed by atoms with Crippen LogP contribution in [0.4, 0.5) is 0 Å². The lowest BCUT2D eigenvalue weighted by Gasteiger charge is -2.27. The molecular weight excluding hydrogens is 214 g/mol. The second kappa shape index (κ2) is 6.79. The van der Waals surface area contributed by atoms with Crippen molar-refractivity contribution in [3.63, 3.8) is 0 Å². The fourth-order valence-corrected chi connectivity index (χ4v) is 2.13. The quantitative estimate of drug-likeness (QED) is 0.712. The second-order valence-electron chi connectivity index (χ2n) is 4.60. The van der Waals surface area contributed by atoms with Gasteiger partial charge in [-0.3, -0.25) is 4.90 Å². The third kappa shape index (κ3) is 4.50. The van der Waals surface area contributed by atoms with Crippen LogP contribution in [0.5, 0.6) is 0 Å². The molecule has 96 valence electrons. The normalized spacial score (nSPS) is 17.5. The van der Waals surface area contributed by atoms with Crippen LogP contribution in [0.1, 0.15) is 11.5 Å². The first-order chi connectivity index (χ1) is 8.34. The smallest absolute Gasteiger partial charge is 0.105 e. The van der Waals surface area contributed by atoms with Gasteiger partial charge in [-0.2, -0.15) is 0 Å². The number of hydrogen-bond acceptors (Lipinski definition) is 4. The van der Waals surface area contributed by atoms with E-state index in [1.54, 1.807) is 0 Å². The highest BCUT2D eigenvalue weighted by Crippen LogP contribution is 2.05. The molecule has 0 saturated carbocycles. The summed E-state index contributed by atoms with van der Waals surface area (Å²) in [4.78, 5) is 2.50. The predicted molar refractivity (Wildman–Crippen MR) is 69.3 cm³/mol. The molecule has 4 nitrogen and oxygen atoms in total. The molecule has 2 heterocycles. The van der Waals surface area contributed by atoms with Gasteiger partial charge < -0.3 is 15.1 Å². The van der Waals surface area contributed by atoms with E-state index in [1.165, 1.54) is 13.1 Å². The Morgan fingerprint density at radius 2 is 2.12 bits per heavy atom. The van der Waals surface area contributed by atoms with Crippen molar-refractivity contribution in [3.8, 4) is 0 Å². The molecule has 2 rings (SSSR count). The van der Waals surface area contributed by atoms with Gasteiger partial charge in [-0.15, -0.1) is 0 Å². The Hall–Kier alpha value is -0.840. The molecule has 1 saturated heterocycles. The molecule has 17 heavy (non-hydrogen) atoms. The highest BCUT2D eigenvalue weighted by atomic mass is 16.3. The lowest BCUT2D eigenvalue weighted by Crippen LogP contribution is -2.45. The van der Waals surface area contributed by atoms with Crippen molar-refractivity contribution >= 4 is 0 Å². The molecule has 4 heteroatoms. The highest BCUT2D eigenvalue weighted by Gasteiger charge is 2.07. The Balaban J connectivity index is 1.51. The highest BCUT2D eigenvalue weighted by molar-refractivity contribution is 5.05. The van der Waals surface area contributed by atoms with Gasteiger partial charge in [-0.05, 0) is 19.1 Å². The summed E-state index contributed by atoms with van der Waals surface area (Å²) in [6, 6.07) is 4.09. The summed E-state index contributed by atoms with van der Waals surface area (Å²) < 4.78 is 5.52. The SMILES string of the molecule is Cc1ccc(CCNCCN2CCNCC2)o1. The number of furan rings is 1. The third-order valence-electron chi connectivity index (χ3n) is 3.16. The molecule has 2 N–H and O–H groups in total. The van der Waals surface area contributed by atoms with E-state index in [0.29, 0.717) is 0 Å². The summed E-state index contributed by atoms with van der Waals surface area (Å²) >= 11 is 0. The van der Waals surface area contributed by atoms with Gasteiger partial charge in [0.2, 0.25) is 0 Å². The van der Waals surface area contributed by atoms with Gasteiger partial charge in [0, 0.05) is 52.2 Å². The summed E-state index contributed by atoms with van der Waals surface area (Å²) in [6.45, 7) is 9.83. The van der Waals surface area contributed by atoms with E-state index in [4.69, 9.17) is 4.42 Å². The molecule has 1 aromatic rings. The molecule has 0 atom stereocenters. The first-order valence-electron chi connectivity index (χ1n) is 6.54. The molecule has 0 amide bonds. The van der Waals surface area contributed by atoms with Crippen LogP contribution < -0.4 is 10.6 Å². The van der Waals surface area contributed by atoms with Crippen LogP contribution in [-0.4, -0.2) is 50.7 Å². The molecule has 1 aromatic heterocycles. The van der Waals surface area contributed by atoms with E-state index in [1.807, 2.05) is 13.0 Å². The summed E-state index contributed by atoms with van der Waals surface area (Å²) in [5, 5.41) is 6.83. The minimum absolute atomic E-state index is 0.982. The maximum absolute atomic E-state index is 5.52. The van der Waals surface area contributed by atoms with Gasteiger partial charge >= 0.3 is 0 Å². The van der Waals surface area contributed by atoms with Crippen LogP contribution in [0.3, 0.4) is 0 Å². The van der Waals surface area contributed by atoms with E-state index < -0.39 is 0 Å². The average molecular weight is 237 g/mol. The van der Waals surface area contributed by atoms with Gasteiger partial charge in [0.05, 0.1) is 0 Å². The Kier molecular flexibility index (Phi) is 5.04. The van der Waals surface area contributed by atoms with E-state index in [2.05, 4.69) is 21.6 Å². The Labute approximate surface area is 103 Å². The maximum Gasteiger partial charge on any atom is 0.105 e. The number of hydrogen-bond donors (Lipinski definition) is 2. The van der Waals surface area contributed by atoms with Gasteiger partial charge in [0.1, 0.15) is 11.5 Å². The summed E-state index contributed by atoms with van der Waals surface area (Å²) in [7, 11) is 0. The minimum atomic E-state index is 0.982. The fraction of sp³-hybridized carbons (Fsp3) is 0.692. The van der Waals surface area contributed by atoms with Crippen molar-refractivity contribution in [3.05, 3.63) is 23.7 Å². The molecule has 0 aromatic carbocycles. The van der Waals surface area contributed by atoms with E-state index in [0.717, 1.165) is 50.7 Å². The van der Waals surface area contributed by atoms with Gasteiger partial charge in [-0.1, -0.05) is 0 Å². The number of nitrogens with one attached hydrogen (secondary N) is 2. The largest absolute Gasteiger partial charge is 0.466 e. The summed E-state index contributed by atoms with van der Waals surface area (Å²) in [5.74, 6) is 2.08. The molecular formula is C13H23N3O. The van der Waals surface area contributed by atoms with Gasteiger partial charge in [-0.25, -0.2) is 0 Å². The monoisotopic (exact) mass is 237 g/mol. The average Bonchev–Trinajstić information content (AvgIpc) is 2.76. The molecule has 1 aliphatic heterocycles. The number of piperazine rings is 1. The predicted octanol–water partition coefficient (Wildman–Crippen LogP) is 0.625. The second-order valence-corrected chi connectivity index (χ2v) is 4.60. The van der Waals surface area contributed by atoms with Crippen LogP contribution in [0.15, 0.2) is 16.5 Å². The zero-order valence-electron chi connectivity index (χ0n) is 10.7. The zero-order valence-corrected chi connectivity index (χ0v) is 10.7. The van der Waals surface area contributed by atoms with Crippen LogP contribution in [-0.2, 0) is 6.42 Å². The molecule has 0 spiro atoms. The fourth-order valence-electron chi connectivity index (χ4n) is 2.13. The van der Waals surface area contributed by atoms with Crippen LogP contribution in [0, 0.1) is 6.92 Å². The van der Waals surface area contributed by atoms with Crippen molar-refractivity contribution in [1.82, 2.24) is 15.5 Å². The molecule has 1 aliphatic rings. The van der Waals surface area contributed by atoms with E-state index in [-0.39, 0.29) is 0 Å². The number of rotatable bonds is 6. The molecule has 0 aliphatic carbocycles. The van der Waals surface area contributed by atoms with Gasteiger partial charge in [0.25, 0.3) is 0 Å². The first-order valence-corrected chi connectivity index (χ1v) is 6.54. The first kappa shape index (κ1) is 12.6. The van der Waals surface area contributed by atoms with E-state index in [9.17, 15) is 0 Å². The lowest BCUT2D eigenvalue weighted by molar-refractivity contribution is 0.241. The molecule has 0 bridgehead atoms. The topological polar surface area (TPSA) is 40.4 Å². The van der Waals surface area contributed by atoms with Crippen molar-refractivity contribution in [2.24, 2.45) is 0 Å². The number of aryl methyl sites for hydroxylation is 1. The minimum Gasteiger partial charge on any atom is -0.466 e. The van der Waals surface area contributed by atoms with Crippen molar-refractivity contribution in [2.45, 2.75) is 13.3 Å².